The summed E-state index contributed by atoms with van der Waals surface area (Å²) in [4.78, 5) is 12.3. The van der Waals surface area contributed by atoms with Gasteiger partial charge in [-0.25, -0.2) is 8.42 Å². The molecule has 0 bridgehead atoms. The van der Waals surface area contributed by atoms with E-state index in [1.807, 2.05) is 51.1 Å². The minimum Gasteiger partial charge on any atom is -0.497 e. The van der Waals surface area contributed by atoms with E-state index in [4.69, 9.17) is 9.47 Å². The zero-order chi connectivity index (χ0) is 24.0. The molecule has 0 heterocycles. The molecule has 1 atom stereocenters. The molecule has 7 nitrogen and oxygen atoms in total. The van der Waals surface area contributed by atoms with Crippen molar-refractivity contribution >= 4 is 21.6 Å². The van der Waals surface area contributed by atoms with Crippen LogP contribution < -0.4 is 19.5 Å². The minimum absolute atomic E-state index is 0.103. The van der Waals surface area contributed by atoms with Gasteiger partial charge in [-0.3, -0.25) is 9.52 Å². The Kier molecular flexibility index (Phi) is 7.60. The van der Waals surface area contributed by atoms with Gasteiger partial charge in [0.25, 0.3) is 15.9 Å². The summed E-state index contributed by atoms with van der Waals surface area (Å²) >= 11 is 0. The lowest BCUT2D eigenvalue weighted by Gasteiger charge is -2.15. The Hall–Kier alpha value is -3.52. The molecule has 3 aromatic carbocycles. The van der Waals surface area contributed by atoms with Crippen molar-refractivity contribution in [3.05, 3.63) is 83.4 Å². The molecule has 8 heteroatoms. The van der Waals surface area contributed by atoms with Crippen LogP contribution in [-0.4, -0.2) is 28.0 Å². The number of benzene rings is 3. The number of hydrogen-bond donors (Lipinski definition) is 2. The number of nitrogens with one attached hydrogen (secondary N) is 2. The molecule has 0 radical (unpaired) electrons. The molecular weight excluding hydrogens is 440 g/mol. The van der Waals surface area contributed by atoms with Crippen LogP contribution in [0.4, 0.5) is 5.69 Å². The van der Waals surface area contributed by atoms with Crippen molar-refractivity contribution in [2.24, 2.45) is 0 Å². The molecule has 1 amide bonds. The number of rotatable bonds is 9. The third kappa shape index (κ3) is 6.73. The first kappa shape index (κ1) is 24.1. The van der Waals surface area contributed by atoms with E-state index < -0.39 is 10.0 Å². The largest absolute Gasteiger partial charge is 0.497 e. The maximum Gasteiger partial charge on any atom is 0.261 e. The van der Waals surface area contributed by atoms with Crippen LogP contribution in [0.3, 0.4) is 0 Å². The molecule has 0 aromatic heterocycles. The van der Waals surface area contributed by atoms with Gasteiger partial charge in [-0.2, -0.15) is 0 Å². The highest BCUT2D eigenvalue weighted by atomic mass is 32.2. The van der Waals surface area contributed by atoms with Crippen molar-refractivity contribution in [2.45, 2.75) is 31.7 Å². The van der Waals surface area contributed by atoms with Gasteiger partial charge in [0.15, 0.2) is 6.61 Å². The number of amides is 1. The topological polar surface area (TPSA) is 93.7 Å². The van der Waals surface area contributed by atoms with Crippen molar-refractivity contribution in [1.82, 2.24) is 5.32 Å². The number of ether oxygens (including phenoxy) is 2. The normalized spacial score (nSPS) is 12.0. The van der Waals surface area contributed by atoms with Crippen LogP contribution in [0.5, 0.6) is 11.5 Å². The zero-order valence-corrected chi connectivity index (χ0v) is 19.9. The fourth-order valence-electron chi connectivity index (χ4n) is 3.37. The SMILES string of the molecule is COc1ccc(C(C)NC(=O)COc2ccc(S(=O)(=O)Nc3cc(C)cc(C)c3)cc2)cc1. The molecular formula is C25H28N2O5S. The molecule has 0 saturated heterocycles. The quantitative estimate of drug-likeness (QED) is 0.486. The molecule has 3 aromatic rings. The molecule has 2 N–H and O–H groups in total. The minimum atomic E-state index is -3.74. The van der Waals surface area contributed by atoms with Crippen LogP contribution in [0.1, 0.15) is 29.7 Å². The van der Waals surface area contributed by atoms with Gasteiger partial charge in [-0.05, 0) is 86.0 Å². The van der Waals surface area contributed by atoms with E-state index in [2.05, 4.69) is 10.0 Å². The summed E-state index contributed by atoms with van der Waals surface area (Å²) in [6.45, 7) is 5.51. The van der Waals surface area contributed by atoms with Crippen molar-refractivity contribution in [3.8, 4) is 11.5 Å². The molecule has 3 rings (SSSR count). The lowest BCUT2D eigenvalue weighted by molar-refractivity contribution is -0.123. The van der Waals surface area contributed by atoms with Crippen molar-refractivity contribution in [3.63, 3.8) is 0 Å². The summed E-state index contributed by atoms with van der Waals surface area (Å²) in [5.41, 5.74) is 3.39. The lowest BCUT2D eigenvalue weighted by Crippen LogP contribution is -2.31. The highest BCUT2D eigenvalue weighted by Crippen LogP contribution is 2.21. The van der Waals surface area contributed by atoms with Crippen LogP contribution in [0.2, 0.25) is 0 Å². The van der Waals surface area contributed by atoms with E-state index in [-0.39, 0.29) is 23.5 Å². The summed E-state index contributed by atoms with van der Waals surface area (Å²) in [7, 11) is -2.14. The number of anilines is 1. The van der Waals surface area contributed by atoms with Crippen LogP contribution in [0.25, 0.3) is 0 Å². The Labute approximate surface area is 194 Å². The molecule has 0 saturated carbocycles. The summed E-state index contributed by atoms with van der Waals surface area (Å²) in [6.07, 6.45) is 0. The maximum atomic E-state index is 12.7. The van der Waals surface area contributed by atoms with Crippen molar-refractivity contribution in [1.29, 1.82) is 0 Å². The van der Waals surface area contributed by atoms with Gasteiger partial charge in [-0.15, -0.1) is 0 Å². The molecule has 1 unspecified atom stereocenters. The predicted molar refractivity (Wildman–Crippen MR) is 128 cm³/mol. The van der Waals surface area contributed by atoms with E-state index in [0.29, 0.717) is 11.4 Å². The average Bonchev–Trinajstić information content (AvgIpc) is 2.77. The second kappa shape index (κ2) is 10.4. The fourth-order valence-corrected chi connectivity index (χ4v) is 4.41. The summed E-state index contributed by atoms with van der Waals surface area (Å²) in [5, 5.41) is 2.87. The third-order valence-electron chi connectivity index (χ3n) is 4.97. The maximum absolute atomic E-state index is 12.7. The van der Waals surface area contributed by atoms with Crippen LogP contribution >= 0.6 is 0 Å². The second-order valence-corrected chi connectivity index (χ2v) is 9.49. The lowest BCUT2D eigenvalue weighted by atomic mass is 10.1. The van der Waals surface area contributed by atoms with Crippen LogP contribution in [-0.2, 0) is 14.8 Å². The standard InChI is InChI=1S/C25H28N2O5S/c1-17-13-18(2)15-21(14-17)27-33(29,30)24-11-9-23(10-12-24)32-16-25(28)26-19(3)20-5-7-22(31-4)8-6-20/h5-15,19,27H,16H2,1-4H3,(H,26,28). The second-order valence-electron chi connectivity index (χ2n) is 7.80. The predicted octanol–water partition coefficient (Wildman–Crippen LogP) is 4.37. The Morgan fingerprint density at radius 3 is 2.06 bits per heavy atom. The zero-order valence-electron chi connectivity index (χ0n) is 19.1. The van der Waals surface area contributed by atoms with E-state index in [0.717, 1.165) is 22.4 Å². The Bertz CT molecular complexity index is 1190. The van der Waals surface area contributed by atoms with Gasteiger partial charge in [-0.1, -0.05) is 18.2 Å². The van der Waals surface area contributed by atoms with E-state index in [1.165, 1.54) is 24.3 Å². The van der Waals surface area contributed by atoms with Crippen LogP contribution in [0, 0.1) is 13.8 Å². The number of aryl methyl sites for hydroxylation is 2. The highest BCUT2D eigenvalue weighted by Gasteiger charge is 2.15. The molecule has 0 fully saturated rings. The molecule has 0 spiro atoms. The molecule has 0 aliphatic rings. The molecule has 174 valence electrons. The average molecular weight is 469 g/mol. The first-order chi connectivity index (χ1) is 15.7. The van der Waals surface area contributed by atoms with Gasteiger partial charge >= 0.3 is 0 Å². The first-order valence-electron chi connectivity index (χ1n) is 10.4. The summed E-state index contributed by atoms with van der Waals surface area (Å²) in [5.74, 6) is 0.856. The van der Waals surface area contributed by atoms with Gasteiger partial charge < -0.3 is 14.8 Å². The monoisotopic (exact) mass is 468 g/mol. The molecule has 0 aliphatic heterocycles. The summed E-state index contributed by atoms with van der Waals surface area (Å²) in [6, 6.07) is 18.7. The Morgan fingerprint density at radius 2 is 1.48 bits per heavy atom. The number of methoxy groups -OCH3 is 1. The van der Waals surface area contributed by atoms with Gasteiger partial charge in [0, 0.05) is 5.69 Å². The third-order valence-corrected chi connectivity index (χ3v) is 6.37. The Balaban J connectivity index is 1.55. The summed E-state index contributed by atoms with van der Waals surface area (Å²) < 4.78 is 38.6. The van der Waals surface area contributed by atoms with Gasteiger partial charge in [0.1, 0.15) is 11.5 Å². The number of sulfonamides is 1. The number of carbonyl (C=O) groups excluding carboxylic acids is 1. The van der Waals surface area contributed by atoms with Gasteiger partial charge in [0.05, 0.1) is 18.0 Å². The fraction of sp³-hybridized carbons (Fsp3) is 0.240. The number of hydrogen-bond acceptors (Lipinski definition) is 5. The molecule has 33 heavy (non-hydrogen) atoms. The smallest absolute Gasteiger partial charge is 0.261 e. The Morgan fingerprint density at radius 1 is 0.909 bits per heavy atom. The van der Waals surface area contributed by atoms with Crippen molar-refractivity contribution < 1.29 is 22.7 Å². The van der Waals surface area contributed by atoms with E-state index in [9.17, 15) is 13.2 Å². The van der Waals surface area contributed by atoms with E-state index >= 15 is 0 Å². The van der Waals surface area contributed by atoms with E-state index in [1.54, 1.807) is 19.2 Å². The highest BCUT2D eigenvalue weighted by molar-refractivity contribution is 7.92. The van der Waals surface area contributed by atoms with Crippen molar-refractivity contribution in [2.75, 3.05) is 18.4 Å². The van der Waals surface area contributed by atoms with Gasteiger partial charge in [0.2, 0.25) is 0 Å². The van der Waals surface area contributed by atoms with Crippen LogP contribution in [0.15, 0.2) is 71.6 Å². The number of carbonyl (C=O) groups is 1. The first-order valence-corrected chi connectivity index (χ1v) is 11.9. The molecule has 0 aliphatic carbocycles.